The van der Waals surface area contributed by atoms with Crippen molar-refractivity contribution < 1.29 is 18.8 Å². The molecule has 0 saturated carbocycles. The van der Waals surface area contributed by atoms with Gasteiger partial charge in [-0.1, -0.05) is 64.8 Å². The number of nitrogens with one attached hydrogen (secondary N) is 1. The van der Waals surface area contributed by atoms with Gasteiger partial charge in [0.1, 0.15) is 5.76 Å². The van der Waals surface area contributed by atoms with Crippen LogP contribution in [0.5, 0.6) is 0 Å². The molecule has 0 aliphatic heterocycles. The van der Waals surface area contributed by atoms with Crippen molar-refractivity contribution in [3.05, 3.63) is 95.2 Å². The van der Waals surface area contributed by atoms with Gasteiger partial charge in [-0.3, -0.25) is 4.79 Å². The van der Waals surface area contributed by atoms with Crippen molar-refractivity contribution in [3.63, 3.8) is 0 Å². The molecule has 1 unspecified atom stereocenters. The number of benzene rings is 3. The van der Waals surface area contributed by atoms with Crippen LogP contribution in [0, 0.1) is 20.8 Å². The van der Waals surface area contributed by atoms with Crippen LogP contribution in [0.4, 0.5) is 5.82 Å². The van der Waals surface area contributed by atoms with E-state index in [2.05, 4.69) is 10.5 Å². The number of aromatic nitrogens is 3. The number of fused-ring (bicyclic) bond motifs is 1. The SMILES string of the molecule is Cc1ccc(-c2nc3ccc(C(=O)OC(C)C(=O)Nc4cc(C)on4)cc3nc2-c2ccc(C)cc2)cc1. The van der Waals surface area contributed by atoms with Crippen LogP contribution in [0.3, 0.4) is 0 Å². The van der Waals surface area contributed by atoms with Gasteiger partial charge in [-0.2, -0.15) is 0 Å². The maximum Gasteiger partial charge on any atom is 0.338 e. The molecular formula is C30H26N4O4. The Morgan fingerprint density at radius 3 is 1.92 bits per heavy atom. The van der Waals surface area contributed by atoms with Gasteiger partial charge >= 0.3 is 5.97 Å². The summed E-state index contributed by atoms with van der Waals surface area (Å²) < 4.78 is 10.3. The third-order valence-corrected chi connectivity index (χ3v) is 6.08. The zero-order valence-corrected chi connectivity index (χ0v) is 21.5. The van der Waals surface area contributed by atoms with Crippen molar-refractivity contribution in [1.29, 1.82) is 0 Å². The number of carbonyl (C=O) groups is 2. The van der Waals surface area contributed by atoms with Crippen LogP contribution in [-0.2, 0) is 9.53 Å². The Morgan fingerprint density at radius 1 is 0.789 bits per heavy atom. The molecule has 0 aliphatic carbocycles. The van der Waals surface area contributed by atoms with Crippen LogP contribution in [0.1, 0.15) is 34.2 Å². The number of amides is 1. The number of ether oxygens (including phenoxy) is 1. The molecule has 2 heterocycles. The van der Waals surface area contributed by atoms with Crippen LogP contribution in [0.2, 0.25) is 0 Å². The van der Waals surface area contributed by atoms with E-state index in [1.807, 2.05) is 62.4 Å². The van der Waals surface area contributed by atoms with Crippen molar-refractivity contribution in [2.24, 2.45) is 0 Å². The molecule has 8 heteroatoms. The number of anilines is 1. The fourth-order valence-electron chi connectivity index (χ4n) is 3.94. The number of hydrogen-bond donors (Lipinski definition) is 1. The first-order valence-corrected chi connectivity index (χ1v) is 12.2. The molecule has 0 radical (unpaired) electrons. The Kier molecular flexibility index (Phi) is 6.70. The largest absolute Gasteiger partial charge is 0.449 e. The average molecular weight is 507 g/mol. The summed E-state index contributed by atoms with van der Waals surface area (Å²) in [6.07, 6.45) is -1.05. The second-order valence-corrected chi connectivity index (χ2v) is 9.22. The summed E-state index contributed by atoms with van der Waals surface area (Å²) in [4.78, 5) is 35.2. The second kappa shape index (κ2) is 10.3. The topological polar surface area (TPSA) is 107 Å². The molecule has 0 bridgehead atoms. The molecule has 1 amide bonds. The number of hydrogen-bond acceptors (Lipinski definition) is 7. The minimum absolute atomic E-state index is 0.254. The van der Waals surface area contributed by atoms with Gasteiger partial charge in [0, 0.05) is 17.2 Å². The second-order valence-electron chi connectivity index (χ2n) is 9.22. The lowest BCUT2D eigenvalue weighted by Gasteiger charge is -2.14. The van der Waals surface area contributed by atoms with Gasteiger partial charge in [-0.25, -0.2) is 14.8 Å². The van der Waals surface area contributed by atoms with E-state index >= 15 is 0 Å². The van der Waals surface area contributed by atoms with Gasteiger partial charge in [-0.15, -0.1) is 0 Å². The summed E-state index contributed by atoms with van der Waals surface area (Å²) in [6.45, 7) is 7.27. The van der Waals surface area contributed by atoms with E-state index in [1.54, 1.807) is 31.2 Å². The van der Waals surface area contributed by atoms with E-state index in [0.717, 1.165) is 27.9 Å². The highest BCUT2D eigenvalue weighted by atomic mass is 16.5. The lowest BCUT2D eigenvalue weighted by molar-refractivity contribution is -0.123. The van der Waals surface area contributed by atoms with Crippen LogP contribution < -0.4 is 5.32 Å². The van der Waals surface area contributed by atoms with E-state index in [-0.39, 0.29) is 11.4 Å². The molecule has 1 N–H and O–H groups in total. The number of nitrogens with zero attached hydrogens (tertiary/aromatic N) is 3. The van der Waals surface area contributed by atoms with Gasteiger partial charge < -0.3 is 14.6 Å². The summed E-state index contributed by atoms with van der Waals surface area (Å²) >= 11 is 0. The quantitative estimate of drug-likeness (QED) is 0.279. The standard InChI is InChI=1S/C30H26N4O4/c1-17-5-9-21(10-6-17)27-28(22-11-7-18(2)8-12-22)32-25-16-23(13-14-24(25)31-27)30(36)37-20(4)29(35)33-26-15-19(3)38-34-26/h5-16,20H,1-4H3,(H,33,34,35). The minimum atomic E-state index is -1.05. The summed E-state index contributed by atoms with van der Waals surface area (Å²) in [7, 11) is 0. The average Bonchev–Trinajstić information content (AvgIpc) is 3.32. The van der Waals surface area contributed by atoms with Gasteiger partial charge in [0.05, 0.1) is 28.0 Å². The number of carbonyl (C=O) groups excluding carboxylic acids is 2. The lowest BCUT2D eigenvalue weighted by atomic mass is 10.0. The Balaban J connectivity index is 1.46. The zero-order chi connectivity index (χ0) is 26.8. The van der Waals surface area contributed by atoms with Crippen LogP contribution in [-0.4, -0.2) is 33.1 Å². The van der Waals surface area contributed by atoms with Gasteiger partial charge in [0.2, 0.25) is 0 Å². The summed E-state index contributed by atoms with van der Waals surface area (Å²) in [5.74, 6) is -0.356. The molecule has 0 saturated heterocycles. The monoisotopic (exact) mass is 506 g/mol. The van der Waals surface area contributed by atoms with Gasteiger partial charge in [0.15, 0.2) is 11.9 Å². The molecular weight excluding hydrogens is 480 g/mol. The van der Waals surface area contributed by atoms with Crippen LogP contribution in [0.25, 0.3) is 33.5 Å². The van der Waals surface area contributed by atoms with Crippen molar-refractivity contribution in [2.45, 2.75) is 33.8 Å². The Hall–Kier alpha value is -4.85. The number of aryl methyl sites for hydroxylation is 3. The fraction of sp³-hybridized carbons (Fsp3) is 0.167. The van der Waals surface area contributed by atoms with Crippen molar-refractivity contribution >= 4 is 28.7 Å². The zero-order valence-electron chi connectivity index (χ0n) is 21.5. The molecule has 3 aromatic carbocycles. The predicted molar refractivity (Wildman–Crippen MR) is 145 cm³/mol. The van der Waals surface area contributed by atoms with Gasteiger partial charge in [0.25, 0.3) is 5.91 Å². The number of esters is 1. The fourth-order valence-corrected chi connectivity index (χ4v) is 3.94. The molecule has 190 valence electrons. The molecule has 5 aromatic rings. The van der Waals surface area contributed by atoms with E-state index in [9.17, 15) is 9.59 Å². The molecule has 38 heavy (non-hydrogen) atoms. The number of rotatable bonds is 6. The molecule has 1 atom stereocenters. The lowest BCUT2D eigenvalue weighted by Crippen LogP contribution is -2.30. The summed E-state index contributed by atoms with van der Waals surface area (Å²) in [5.41, 5.74) is 7.08. The maximum absolute atomic E-state index is 12.9. The summed E-state index contributed by atoms with van der Waals surface area (Å²) in [6, 6.07) is 22.8. The highest BCUT2D eigenvalue weighted by molar-refractivity contribution is 5.98. The van der Waals surface area contributed by atoms with E-state index in [0.29, 0.717) is 22.5 Å². The first-order valence-electron chi connectivity index (χ1n) is 12.2. The molecule has 0 aliphatic rings. The predicted octanol–water partition coefficient (Wildman–Crippen LogP) is 6.06. The first-order chi connectivity index (χ1) is 18.3. The van der Waals surface area contributed by atoms with E-state index in [4.69, 9.17) is 19.2 Å². The normalized spacial score (nSPS) is 11.8. The molecule has 0 spiro atoms. The maximum atomic E-state index is 12.9. The Morgan fingerprint density at radius 2 is 1.37 bits per heavy atom. The van der Waals surface area contributed by atoms with Crippen LogP contribution in [0.15, 0.2) is 77.3 Å². The molecule has 2 aromatic heterocycles. The first kappa shape index (κ1) is 24.8. The molecule has 0 fully saturated rings. The third-order valence-electron chi connectivity index (χ3n) is 6.08. The smallest absolute Gasteiger partial charge is 0.338 e. The van der Waals surface area contributed by atoms with Crippen molar-refractivity contribution in [3.8, 4) is 22.5 Å². The molecule has 5 rings (SSSR count). The Bertz CT molecular complexity index is 1640. The molecule has 8 nitrogen and oxygen atoms in total. The van der Waals surface area contributed by atoms with E-state index in [1.165, 1.54) is 6.92 Å². The Labute approximate surface area is 219 Å². The highest BCUT2D eigenvalue weighted by Gasteiger charge is 2.21. The van der Waals surface area contributed by atoms with Crippen molar-refractivity contribution in [1.82, 2.24) is 15.1 Å². The summed E-state index contributed by atoms with van der Waals surface area (Å²) in [5, 5.41) is 6.28. The van der Waals surface area contributed by atoms with Crippen LogP contribution >= 0.6 is 0 Å². The van der Waals surface area contributed by atoms with Gasteiger partial charge in [-0.05, 0) is 45.9 Å². The minimum Gasteiger partial charge on any atom is -0.449 e. The van der Waals surface area contributed by atoms with E-state index < -0.39 is 18.0 Å². The highest BCUT2D eigenvalue weighted by Crippen LogP contribution is 2.31. The van der Waals surface area contributed by atoms with Crippen molar-refractivity contribution in [2.75, 3.05) is 5.32 Å². The third kappa shape index (κ3) is 5.29.